The van der Waals surface area contributed by atoms with Gasteiger partial charge in [0.15, 0.2) is 0 Å². The molecule has 0 aliphatic carbocycles. The minimum absolute atomic E-state index is 0.0162. The number of rotatable bonds is 5. The molecular formula is C17H12BrClN4O3. The number of hydrogen-bond donors (Lipinski definition) is 1. The monoisotopic (exact) mass is 434 g/mol. The predicted octanol–water partition coefficient (Wildman–Crippen LogP) is 5.65. The fraction of sp³-hybridized carbons (Fsp3) is 0.0588. The lowest BCUT2D eigenvalue weighted by atomic mass is 10.2. The quantitative estimate of drug-likeness (QED) is 0.412. The zero-order chi connectivity index (χ0) is 18.7. The largest absolute Gasteiger partial charge is 0.434 e. The summed E-state index contributed by atoms with van der Waals surface area (Å²) in [4.78, 5) is 18.9. The minimum atomic E-state index is -0.587. The molecule has 0 radical (unpaired) electrons. The minimum Gasteiger partial charge on any atom is -0.434 e. The highest BCUT2D eigenvalue weighted by atomic mass is 79.9. The average molecular weight is 436 g/mol. The third-order valence-corrected chi connectivity index (χ3v) is 4.22. The lowest BCUT2D eigenvalue weighted by Crippen LogP contribution is -2.04. The van der Waals surface area contributed by atoms with Crippen molar-refractivity contribution >= 4 is 44.7 Å². The molecule has 1 aromatic heterocycles. The van der Waals surface area contributed by atoms with Crippen molar-refractivity contribution in [1.29, 1.82) is 0 Å². The Morgan fingerprint density at radius 2 is 1.92 bits per heavy atom. The molecule has 0 fully saturated rings. The Morgan fingerprint density at radius 3 is 2.62 bits per heavy atom. The van der Waals surface area contributed by atoms with Gasteiger partial charge < -0.3 is 10.1 Å². The molecule has 0 unspecified atom stereocenters. The summed E-state index contributed by atoms with van der Waals surface area (Å²) in [6.07, 6.45) is 1.20. The number of halogens is 2. The van der Waals surface area contributed by atoms with Gasteiger partial charge in [0, 0.05) is 15.2 Å². The van der Waals surface area contributed by atoms with Crippen LogP contribution in [0.25, 0.3) is 0 Å². The number of nitrogens with one attached hydrogen (secondary N) is 1. The second-order valence-corrected chi connectivity index (χ2v) is 6.63. The van der Waals surface area contributed by atoms with Crippen molar-refractivity contribution in [2.75, 3.05) is 5.32 Å². The second kappa shape index (κ2) is 7.67. The van der Waals surface area contributed by atoms with Gasteiger partial charge in [-0.25, -0.2) is 4.98 Å². The van der Waals surface area contributed by atoms with E-state index in [1.54, 1.807) is 42.5 Å². The van der Waals surface area contributed by atoms with Crippen molar-refractivity contribution in [3.05, 3.63) is 74.0 Å². The first-order valence-corrected chi connectivity index (χ1v) is 8.57. The van der Waals surface area contributed by atoms with Gasteiger partial charge >= 0.3 is 11.6 Å². The van der Waals surface area contributed by atoms with E-state index in [1.165, 1.54) is 6.33 Å². The first kappa shape index (κ1) is 18.1. The number of aryl methyl sites for hydroxylation is 1. The first-order chi connectivity index (χ1) is 12.4. The Hall–Kier alpha value is -2.71. The number of benzene rings is 2. The number of hydrogen-bond acceptors (Lipinski definition) is 6. The predicted molar refractivity (Wildman–Crippen MR) is 102 cm³/mol. The molecule has 1 heterocycles. The van der Waals surface area contributed by atoms with E-state index in [1.807, 2.05) is 6.92 Å². The van der Waals surface area contributed by atoms with Crippen molar-refractivity contribution in [1.82, 2.24) is 9.97 Å². The highest BCUT2D eigenvalue weighted by Gasteiger charge is 2.25. The zero-order valence-electron chi connectivity index (χ0n) is 13.4. The van der Waals surface area contributed by atoms with Crippen LogP contribution < -0.4 is 10.1 Å². The summed E-state index contributed by atoms with van der Waals surface area (Å²) < 4.78 is 6.44. The first-order valence-electron chi connectivity index (χ1n) is 7.40. The van der Waals surface area contributed by atoms with Gasteiger partial charge in [-0.15, -0.1) is 0 Å². The molecule has 0 saturated heterocycles. The average Bonchev–Trinajstić information content (AvgIpc) is 2.60. The zero-order valence-corrected chi connectivity index (χ0v) is 15.8. The number of ether oxygens (including phenoxy) is 1. The number of anilines is 2. The normalized spacial score (nSPS) is 10.4. The standard InChI is InChI=1S/C17H12BrClN4O3/c1-10-2-5-12(19)8-14(10)22-16-15(23(24)25)17(21-9-20-16)26-13-6-3-11(18)4-7-13/h2-9H,1H3,(H,20,21,22). The molecule has 0 atom stereocenters. The maximum absolute atomic E-state index is 11.6. The van der Waals surface area contributed by atoms with Crippen LogP contribution in [0.5, 0.6) is 11.6 Å². The Morgan fingerprint density at radius 1 is 1.19 bits per heavy atom. The molecule has 26 heavy (non-hydrogen) atoms. The maximum atomic E-state index is 11.6. The van der Waals surface area contributed by atoms with Crippen molar-refractivity contribution in [2.45, 2.75) is 6.92 Å². The van der Waals surface area contributed by atoms with Crippen LogP contribution >= 0.6 is 27.5 Å². The molecular weight excluding hydrogens is 424 g/mol. The molecule has 3 aromatic rings. The Balaban J connectivity index is 1.99. The van der Waals surface area contributed by atoms with Gasteiger partial charge in [-0.1, -0.05) is 33.6 Å². The molecule has 0 amide bonds. The van der Waals surface area contributed by atoms with E-state index in [4.69, 9.17) is 16.3 Å². The summed E-state index contributed by atoms with van der Waals surface area (Å²) in [6.45, 7) is 1.85. The molecule has 1 N–H and O–H groups in total. The van der Waals surface area contributed by atoms with Gasteiger partial charge in [-0.05, 0) is 48.9 Å². The number of nitro groups is 1. The third-order valence-electron chi connectivity index (χ3n) is 3.45. The van der Waals surface area contributed by atoms with E-state index in [0.717, 1.165) is 10.0 Å². The Bertz CT molecular complexity index is 967. The van der Waals surface area contributed by atoms with Crippen LogP contribution in [-0.2, 0) is 0 Å². The topological polar surface area (TPSA) is 90.2 Å². The fourth-order valence-corrected chi connectivity index (χ4v) is 2.60. The lowest BCUT2D eigenvalue weighted by Gasteiger charge is -2.11. The Labute approximate surface area is 162 Å². The van der Waals surface area contributed by atoms with Crippen LogP contribution in [0.15, 0.2) is 53.3 Å². The van der Waals surface area contributed by atoms with Gasteiger partial charge in [-0.2, -0.15) is 4.98 Å². The lowest BCUT2D eigenvalue weighted by molar-refractivity contribution is -0.385. The molecule has 2 aromatic carbocycles. The molecule has 3 rings (SSSR count). The van der Waals surface area contributed by atoms with E-state index in [0.29, 0.717) is 16.5 Å². The van der Waals surface area contributed by atoms with Gasteiger partial charge in [-0.3, -0.25) is 10.1 Å². The third kappa shape index (κ3) is 4.09. The molecule has 0 spiro atoms. The van der Waals surface area contributed by atoms with Crippen LogP contribution in [0.2, 0.25) is 5.02 Å². The van der Waals surface area contributed by atoms with Crippen LogP contribution in [0.1, 0.15) is 5.56 Å². The van der Waals surface area contributed by atoms with E-state index in [9.17, 15) is 10.1 Å². The second-order valence-electron chi connectivity index (χ2n) is 5.27. The summed E-state index contributed by atoms with van der Waals surface area (Å²) in [5.74, 6) is 0.275. The molecule has 0 aliphatic heterocycles. The van der Waals surface area contributed by atoms with Crippen LogP contribution in [0, 0.1) is 17.0 Å². The van der Waals surface area contributed by atoms with Crippen molar-refractivity contribution in [3.63, 3.8) is 0 Å². The molecule has 7 nitrogen and oxygen atoms in total. The fourth-order valence-electron chi connectivity index (χ4n) is 2.16. The maximum Gasteiger partial charge on any atom is 0.373 e. The van der Waals surface area contributed by atoms with Crippen molar-refractivity contribution in [3.8, 4) is 11.6 Å². The van der Waals surface area contributed by atoms with E-state index in [2.05, 4.69) is 31.2 Å². The van der Waals surface area contributed by atoms with Gasteiger partial charge in [0.1, 0.15) is 12.1 Å². The summed E-state index contributed by atoms with van der Waals surface area (Å²) in [5.41, 5.74) is 1.10. The highest BCUT2D eigenvalue weighted by molar-refractivity contribution is 9.10. The molecule has 0 saturated carbocycles. The number of nitrogens with zero attached hydrogens (tertiary/aromatic N) is 3. The van der Waals surface area contributed by atoms with E-state index in [-0.39, 0.29) is 17.4 Å². The van der Waals surface area contributed by atoms with Crippen LogP contribution in [-0.4, -0.2) is 14.9 Å². The molecule has 0 aliphatic rings. The summed E-state index contributed by atoms with van der Waals surface area (Å²) in [7, 11) is 0. The summed E-state index contributed by atoms with van der Waals surface area (Å²) in [6, 6.07) is 12.1. The van der Waals surface area contributed by atoms with Gasteiger partial charge in [0.25, 0.3) is 0 Å². The van der Waals surface area contributed by atoms with Crippen molar-refractivity contribution in [2.24, 2.45) is 0 Å². The summed E-state index contributed by atoms with van der Waals surface area (Å²) >= 11 is 9.32. The SMILES string of the molecule is Cc1ccc(Cl)cc1Nc1ncnc(Oc2ccc(Br)cc2)c1[N+](=O)[O-]. The van der Waals surface area contributed by atoms with Gasteiger partial charge in [0.05, 0.1) is 4.92 Å². The van der Waals surface area contributed by atoms with Gasteiger partial charge in [0.2, 0.25) is 5.82 Å². The Kier molecular flexibility index (Phi) is 5.34. The summed E-state index contributed by atoms with van der Waals surface area (Å²) in [5, 5.41) is 15.0. The molecule has 9 heteroatoms. The van der Waals surface area contributed by atoms with Crippen molar-refractivity contribution < 1.29 is 9.66 Å². The number of aromatic nitrogens is 2. The highest BCUT2D eigenvalue weighted by Crippen LogP contribution is 2.36. The van der Waals surface area contributed by atoms with Crippen LogP contribution in [0.3, 0.4) is 0 Å². The van der Waals surface area contributed by atoms with E-state index < -0.39 is 4.92 Å². The van der Waals surface area contributed by atoms with Crippen LogP contribution in [0.4, 0.5) is 17.2 Å². The molecule has 0 bridgehead atoms. The smallest absolute Gasteiger partial charge is 0.373 e. The molecule has 132 valence electrons. The van der Waals surface area contributed by atoms with E-state index >= 15 is 0 Å².